The normalized spacial score (nSPS) is 10.9. The van der Waals surface area contributed by atoms with Crippen LogP contribution in [0.3, 0.4) is 0 Å². The minimum Gasteiger partial charge on any atom is -0.496 e. The zero-order chi connectivity index (χ0) is 20.9. The van der Waals surface area contributed by atoms with E-state index in [-0.39, 0.29) is 12.2 Å². The molecule has 0 aliphatic carbocycles. The van der Waals surface area contributed by atoms with E-state index in [0.29, 0.717) is 22.8 Å². The van der Waals surface area contributed by atoms with Crippen LogP contribution in [-0.4, -0.2) is 23.7 Å². The van der Waals surface area contributed by atoms with Crippen LogP contribution in [0.4, 0.5) is 10.5 Å². The van der Waals surface area contributed by atoms with Gasteiger partial charge >= 0.3 is 6.09 Å². The molecule has 0 unspecified atom stereocenters. The Kier molecular flexibility index (Phi) is 6.45. The smallest absolute Gasteiger partial charge is 0.407 e. The second kappa shape index (κ2) is 8.60. The fourth-order valence-corrected chi connectivity index (χ4v) is 2.43. The van der Waals surface area contributed by atoms with Crippen LogP contribution < -0.4 is 14.8 Å². The lowest BCUT2D eigenvalue weighted by Gasteiger charge is -2.19. The number of nitro groups is 1. The molecular formula is C20H24N2O6. The topological polar surface area (TPSA) is 99.9 Å². The highest BCUT2D eigenvalue weighted by molar-refractivity contribution is 5.68. The Morgan fingerprint density at radius 2 is 1.79 bits per heavy atom. The van der Waals surface area contributed by atoms with Gasteiger partial charge in [-0.15, -0.1) is 0 Å². The molecule has 0 atom stereocenters. The second-order valence-electron chi connectivity index (χ2n) is 7.14. The Balaban J connectivity index is 2.20. The monoisotopic (exact) mass is 388 g/mol. The van der Waals surface area contributed by atoms with Crippen molar-refractivity contribution in [1.82, 2.24) is 5.32 Å². The summed E-state index contributed by atoms with van der Waals surface area (Å²) in [5.74, 6) is 1.60. The molecule has 0 aliphatic heterocycles. The Labute approximate surface area is 163 Å². The number of carbonyl (C=O) groups excluding carboxylic acids is 1. The molecule has 0 aliphatic rings. The molecule has 150 valence electrons. The average molecular weight is 388 g/mol. The molecule has 0 saturated heterocycles. The zero-order valence-corrected chi connectivity index (χ0v) is 16.6. The molecule has 2 aromatic rings. The summed E-state index contributed by atoms with van der Waals surface area (Å²) in [5.41, 5.74) is 0.476. The van der Waals surface area contributed by atoms with Gasteiger partial charge in [0.05, 0.1) is 24.1 Å². The van der Waals surface area contributed by atoms with Gasteiger partial charge in [-0.1, -0.05) is 6.07 Å². The van der Waals surface area contributed by atoms with Crippen LogP contribution >= 0.6 is 0 Å². The number of amides is 1. The van der Waals surface area contributed by atoms with Gasteiger partial charge in [0.1, 0.15) is 22.8 Å². The third-order valence-electron chi connectivity index (χ3n) is 3.68. The van der Waals surface area contributed by atoms with Gasteiger partial charge in [0, 0.05) is 12.1 Å². The van der Waals surface area contributed by atoms with E-state index in [1.807, 2.05) is 13.0 Å². The van der Waals surface area contributed by atoms with E-state index >= 15 is 0 Å². The number of carbonyl (C=O) groups is 1. The molecule has 0 fully saturated rings. The van der Waals surface area contributed by atoms with E-state index in [4.69, 9.17) is 14.2 Å². The number of aryl methyl sites for hydroxylation is 1. The second-order valence-corrected chi connectivity index (χ2v) is 7.14. The average Bonchev–Trinajstić information content (AvgIpc) is 2.60. The largest absolute Gasteiger partial charge is 0.496 e. The van der Waals surface area contributed by atoms with E-state index in [0.717, 1.165) is 5.56 Å². The minimum atomic E-state index is -0.661. The van der Waals surface area contributed by atoms with Crippen LogP contribution in [0, 0.1) is 17.0 Å². The molecule has 1 amide bonds. The summed E-state index contributed by atoms with van der Waals surface area (Å²) >= 11 is 0. The van der Waals surface area contributed by atoms with Crippen LogP contribution in [-0.2, 0) is 11.3 Å². The summed E-state index contributed by atoms with van der Waals surface area (Å²) in [6, 6.07) is 9.72. The van der Waals surface area contributed by atoms with Gasteiger partial charge in [0.15, 0.2) is 0 Å². The van der Waals surface area contributed by atoms with E-state index in [2.05, 4.69) is 5.32 Å². The Morgan fingerprint density at radius 3 is 2.39 bits per heavy atom. The minimum absolute atomic E-state index is 0.0698. The molecule has 0 aromatic heterocycles. The van der Waals surface area contributed by atoms with Crippen LogP contribution in [0.5, 0.6) is 17.2 Å². The van der Waals surface area contributed by atoms with Gasteiger partial charge < -0.3 is 19.5 Å². The number of alkyl carbamates (subject to hydrolysis) is 1. The maximum Gasteiger partial charge on any atom is 0.407 e. The Hall–Kier alpha value is -3.29. The van der Waals surface area contributed by atoms with Crippen LogP contribution in [0.2, 0.25) is 0 Å². The van der Waals surface area contributed by atoms with Crippen LogP contribution in [0.25, 0.3) is 0 Å². The molecule has 1 N–H and O–H groups in total. The maximum atomic E-state index is 11.8. The third-order valence-corrected chi connectivity index (χ3v) is 3.68. The van der Waals surface area contributed by atoms with Crippen molar-refractivity contribution in [1.29, 1.82) is 0 Å². The first-order chi connectivity index (χ1) is 13.1. The molecule has 0 spiro atoms. The molecule has 0 saturated carbocycles. The first kappa shape index (κ1) is 21.0. The first-order valence-corrected chi connectivity index (χ1v) is 8.65. The molecule has 2 aromatic carbocycles. The lowest BCUT2D eigenvalue weighted by molar-refractivity contribution is -0.385. The lowest BCUT2D eigenvalue weighted by Crippen LogP contribution is -2.32. The number of hydrogen-bond acceptors (Lipinski definition) is 6. The van der Waals surface area contributed by atoms with Gasteiger partial charge in [0.25, 0.3) is 5.69 Å². The highest BCUT2D eigenvalue weighted by Gasteiger charge is 2.19. The van der Waals surface area contributed by atoms with Crippen molar-refractivity contribution in [2.45, 2.75) is 39.8 Å². The van der Waals surface area contributed by atoms with Gasteiger partial charge in [-0.2, -0.15) is 0 Å². The summed E-state index contributed by atoms with van der Waals surface area (Å²) < 4.78 is 16.2. The summed E-state index contributed by atoms with van der Waals surface area (Å²) in [7, 11) is 1.57. The van der Waals surface area contributed by atoms with Gasteiger partial charge in [-0.25, -0.2) is 4.79 Å². The number of nitro benzene ring substituents is 1. The Morgan fingerprint density at radius 1 is 1.14 bits per heavy atom. The Bertz CT molecular complexity index is 873. The number of nitrogens with zero attached hydrogens (tertiary/aromatic N) is 1. The van der Waals surface area contributed by atoms with Crippen LogP contribution in [0.1, 0.15) is 31.9 Å². The number of rotatable bonds is 6. The predicted molar refractivity (Wildman–Crippen MR) is 104 cm³/mol. The number of hydrogen-bond donors (Lipinski definition) is 1. The van der Waals surface area contributed by atoms with E-state index in [1.54, 1.807) is 40.0 Å². The maximum absolute atomic E-state index is 11.8. The van der Waals surface area contributed by atoms with Crippen molar-refractivity contribution in [2.75, 3.05) is 7.11 Å². The molecule has 0 bridgehead atoms. The third kappa shape index (κ3) is 5.87. The van der Waals surface area contributed by atoms with Crippen molar-refractivity contribution in [2.24, 2.45) is 0 Å². The molecule has 8 heteroatoms. The quantitative estimate of drug-likeness (QED) is 0.567. The fourth-order valence-electron chi connectivity index (χ4n) is 2.43. The predicted octanol–water partition coefficient (Wildman–Crippen LogP) is 4.73. The standard InChI is InChI=1S/C20H24N2O6/c1-13-6-7-16(11-18(13)26-5)27-15-8-9-17(22(24)25)14(10-15)12-21-19(23)28-20(2,3)4/h6-11H,12H2,1-5H3,(H,21,23). The number of ether oxygens (including phenoxy) is 3. The molecule has 0 radical (unpaired) electrons. The summed E-state index contributed by atoms with van der Waals surface area (Å²) in [6.45, 7) is 7.05. The number of methoxy groups -OCH3 is 1. The molecular weight excluding hydrogens is 364 g/mol. The van der Waals surface area contributed by atoms with Crippen molar-refractivity contribution in [3.63, 3.8) is 0 Å². The highest BCUT2D eigenvalue weighted by atomic mass is 16.6. The lowest BCUT2D eigenvalue weighted by atomic mass is 10.1. The van der Waals surface area contributed by atoms with Crippen LogP contribution in [0.15, 0.2) is 36.4 Å². The van der Waals surface area contributed by atoms with E-state index < -0.39 is 16.6 Å². The molecule has 0 heterocycles. The zero-order valence-electron chi connectivity index (χ0n) is 16.6. The molecule has 28 heavy (non-hydrogen) atoms. The number of benzene rings is 2. The van der Waals surface area contributed by atoms with E-state index in [9.17, 15) is 14.9 Å². The molecule has 8 nitrogen and oxygen atoms in total. The van der Waals surface area contributed by atoms with Crippen molar-refractivity contribution >= 4 is 11.8 Å². The van der Waals surface area contributed by atoms with Gasteiger partial charge in [0.2, 0.25) is 0 Å². The summed E-state index contributed by atoms with van der Waals surface area (Å²) in [4.78, 5) is 22.6. The number of nitrogens with one attached hydrogen (secondary N) is 1. The van der Waals surface area contributed by atoms with Crippen molar-refractivity contribution < 1.29 is 23.9 Å². The SMILES string of the molecule is COc1cc(Oc2ccc([N+](=O)[O-])c(CNC(=O)OC(C)(C)C)c2)ccc1C. The highest BCUT2D eigenvalue weighted by Crippen LogP contribution is 2.30. The summed E-state index contributed by atoms with van der Waals surface area (Å²) in [6.07, 6.45) is -0.656. The van der Waals surface area contributed by atoms with Gasteiger partial charge in [-0.05, 0) is 51.5 Å². The van der Waals surface area contributed by atoms with Crippen molar-refractivity contribution in [3.8, 4) is 17.2 Å². The molecule has 2 rings (SSSR count). The van der Waals surface area contributed by atoms with E-state index in [1.165, 1.54) is 18.2 Å². The first-order valence-electron chi connectivity index (χ1n) is 8.65. The summed E-state index contributed by atoms with van der Waals surface area (Å²) in [5, 5.41) is 13.8. The van der Waals surface area contributed by atoms with Gasteiger partial charge in [-0.3, -0.25) is 10.1 Å². The van der Waals surface area contributed by atoms with Crippen molar-refractivity contribution in [3.05, 3.63) is 57.6 Å². The fraction of sp³-hybridized carbons (Fsp3) is 0.350.